The number of rotatable bonds is 6. The molecule has 1 atom stereocenters. The lowest BCUT2D eigenvalue weighted by Crippen LogP contribution is -2.23. The first-order valence-corrected chi connectivity index (χ1v) is 6.83. The van der Waals surface area contributed by atoms with Crippen LogP contribution in [0, 0.1) is 5.92 Å². The molecule has 0 N–H and O–H groups in total. The molecule has 0 fully saturated rings. The highest BCUT2D eigenvalue weighted by Crippen LogP contribution is 2.34. The zero-order valence-corrected chi connectivity index (χ0v) is 13.1. The predicted octanol–water partition coefficient (Wildman–Crippen LogP) is 3.40. The van der Waals surface area contributed by atoms with E-state index in [-0.39, 0.29) is 23.9 Å². The third kappa shape index (κ3) is 3.89. The van der Waals surface area contributed by atoms with Gasteiger partial charge in [0.05, 0.1) is 26.2 Å². The standard InChI is InChI=1S/C16H24O4/c1-10(2)15(16(17)20-11(3)4)12-7-8-13(18-5)14(9-12)19-6/h7-11,15H,1-6H3. The van der Waals surface area contributed by atoms with Gasteiger partial charge in [-0.15, -0.1) is 0 Å². The lowest BCUT2D eigenvalue weighted by Gasteiger charge is -2.22. The number of esters is 1. The molecular formula is C16H24O4. The molecule has 0 radical (unpaired) electrons. The Morgan fingerprint density at radius 2 is 1.60 bits per heavy atom. The highest BCUT2D eigenvalue weighted by atomic mass is 16.5. The van der Waals surface area contributed by atoms with Crippen molar-refractivity contribution in [3.05, 3.63) is 23.8 Å². The number of hydrogen-bond donors (Lipinski definition) is 0. The second-order valence-corrected chi connectivity index (χ2v) is 5.32. The molecule has 1 aromatic rings. The van der Waals surface area contributed by atoms with Crippen LogP contribution in [0.25, 0.3) is 0 Å². The Balaban J connectivity index is 3.12. The highest BCUT2D eigenvalue weighted by Gasteiger charge is 2.27. The molecule has 20 heavy (non-hydrogen) atoms. The smallest absolute Gasteiger partial charge is 0.313 e. The van der Waals surface area contributed by atoms with Gasteiger partial charge in [-0.05, 0) is 37.5 Å². The van der Waals surface area contributed by atoms with Gasteiger partial charge < -0.3 is 14.2 Å². The topological polar surface area (TPSA) is 44.8 Å². The lowest BCUT2D eigenvalue weighted by molar-refractivity contribution is -0.150. The van der Waals surface area contributed by atoms with E-state index in [1.807, 2.05) is 45.9 Å². The van der Waals surface area contributed by atoms with Gasteiger partial charge in [-0.1, -0.05) is 19.9 Å². The summed E-state index contributed by atoms with van der Waals surface area (Å²) in [6, 6.07) is 5.53. The van der Waals surface area contributed by atoms with Gasteiger partial charge in [-0.3, -0.25) is 4.79 Å². The second kappa shape index (κ2) is 7.17. The van der Waals surface area contributed by atoms with Crippen LogP contribution in [0.15, 0.2) is 18.2 Å². The van der Waals surface area contributed by atoms with Crippen molar-refractivity contribution < 1.29 is 19.0 Å². The monoisotopic (exact) mass is 280 g/mol. The van der Waals surface area contributed by atoms with Crippen molar-refractivity contribution >= 4 is 5.97 Å². The largest absolute Gasteiger partial charge is 0.493 e. The Bertz CT molecular complexity index is 452. The van der Waals surface area contributed by atoms with E-state index in [0.717, 1.165) is 5.56 Å². The maximum atomic E-state index is 12.3. The third-order valence-electron chi connectivity index (χ3n) is 3.04. The normalized spacial score (nSPS) is 12.4. The lowest BCUT2D eigenvalue weighted by atomic mass is 9.88. The van der Waals surface area contributed by atoms with Crippen LogP contribution in [-0.4, -0.2) is 26.3 Å². The van der Waals surface area contributed by atoms with Crippen LogP contribution in [0.2, 0.25) is 0 Å². The van der Waals surface area contributed by atoms with Gasteiger partial charge >= 0.3 is 5.97 Å². The van der Waals surface area contributed by atoms with Crippen molar-refractivity contribution in [2.45, 2.75) is 39.7 Å². The maximum Gasteiger partial charge on any atom is 0.313 e. The first-order valence-electron chi connectivity index (χ1n) is 6.83. The van der Waals surface area contributed by atoms with E-state index in [9.17, 15) is 4.79 Å². The Labute approximate surface area is 121 Å². The van der Waals surface area contributed by atoms with E-state index in [1.54, 1.807) is 14.2 Å². The minimum atomic E-state index is -0.308. The first-order chi connectivity index (χ1) is 9.40. The van der Waals surface area contributed by atoms with Crippen molar-refractivity contribution in [2.24, 2.45) is 5.92 Å². The minimum Gasteiger partial charge on any atom is -0.493 e. The minimum absolute atomic E-state index is 0.121. The summed E-state index contributed by atoms with van der Waals surface area (Å²) in [6.07, 6.45) is -0.121. The van der Waals surface area contributed by atoms with E-state index in [0.29, 0.717) is 11.5 Å². The first kappa shape index (κ1) is 16.3. The van der Waals surface area contributed by atoms with Crippen LogP contribution in [0.3, 0.4) is 0 Å². The van der Waals surface area contributed by atoms with Gasteiger partial charge in [0.25, 0.3) is 0 Å². The molecule has 4 heteroatoms. The molecule has 0 aromatic heterocycles. The van der Waals surface area contributed by atoms with Crippen LogP contribution in [0.4, 0.5) is 0 Å². The van der Waals surface area contributed by atoms with Crippen LogP contribution < -0.4 is 9.47 Å². The summed E-state index contributed by atoms with van der Waals surface area (Å²) < 4.78 is 15.9. The third-order valence-corrected chi connectivity index (χ3v) is 3.04. The quantitative estimate of drug-likeness (QED) is 0.749. The van der Waals surface area contributed by atoms with E-state index in [2.05, 4.69) is 0 Å². The number of ether oxygens (including phenoxy) is 3. The molecule has 0 heterocycles. The number of carbonyl (C=O) groups excluding carboxylic acids is 1. The zero-order chi connectivity index (χ0) is 15.3. The highest BCUT2D eigenvalue weighted by molar-refractivity contribution is 5.79. The zero-order valence-electron chi connectivity index (χ0n) is 13.1. The van der Waals surface area contributed by atoms with Crippen LogP contribution >= 0.6 is 0 Å². The summed E-state index contributed by atoms with van der Waals surface area (Å²) in [6.45, 7) is 7.71. The Morgan fingerprint density at radius 3 is 2.05 bits per heavy atom. The summed E-state index contributed by atoms with van der Waals surface area (Å²) in [5, 5.41) is 0. The van der Waals surface area contributed by atoms with Gasteiger partial charge in [0.2, 0.25) is 0 Å². The van der Waals surface area contributed by atoms with E-state index in [4.69, 9.17) is 14.2 Å². The summed E-state index contributed by atoms with van der Waals surface area (Å²) in [7, 11) is 3.17. The van der Waals surface area contributed by atoms with Crippen molar-refractivity contribution in [1.82, 2.24) is 0 Å². The molecule has 1 aromatic carbocycles. The fourth-order valence-corrected chi connectivity index (χ4v) is 2.15. The van der Waals surface area contributed by atoms with E-state index < -0.39 is 0 Å². The van der Waals surface area contributed by atoms with Crippen molar-refractivity contribution in [3.63, 3.8) is 0 Å². The Morgan fingerprint density at radius 1 is 1.00 bits per heavy atom. The number of carbonyl (C=O) groups is 1. The van der Waals surface area contributed by atoms with Crippen molar-refractivity contribution in [3.8, 4) is 11.5 Å². The van der Waals surface area contributed by atoms with Gasteiger partial charge in [-0.25, -0.2) is 0 Å². The summed E-state index contributed by atoms with van der Waals surface area (Å²) in [5.74, 6) is 0.891. The van der Waals surface area contributed by atoms with E-state index in [1.165, 1.54) is 0 Å². The molecule has 0 aliphatic carbocycles. The molecule has 0 amide bonds. The Hall–Kier alpha value is -1.71. The van der Waals surface area contributed by atoms with Gasteiger partial charge in [0.1, 0.15) is 0 Å². The maximum absolute atomic E-state index is 12.3. The van der Waals surface area contributed by atoms with Crippen LogP contribution in [-0.2, 0) is 9.53 Å². The summed E-state index contributed by atoms with van der Waals surface area (Å²) in [4.78, 5) is 12.3. The van der Waals surface area contributed by atoms with Crippen molar-refractivity contribution in [1.29, 1.82) is 0 Å². The molecule has 1 unspecified atom stereocenters. The summed E-state index contributed by atoms with van der Waals surface area (Å²) in [5.41, 5.74) is 0.878. The fourth-order valence-electron chi connectivity index (χ4n) is 2.15. The van der Waals surface area contributed by atoms with E-state index >= 15 is 0 Å². The average molecular weight is 280 g/mol. The van der Waals surface area contributed by atoms with Crippen molar-refractivity contribution in [2.75, 3.05) is 14.2 Å². The second-order valence-electron chi connectivity index (χ2n) is 5.32. The van der Waals surface area contributed by atoms with Crippen LogP contribution in [0.5, 0.6) is 11.5 Å². The molecule has 0 bridgehead atoms. The predicted molar refractivity (Wildman–Crippen MR) is 78.4 cm³/mol. The number of benzene rings is 1. The Kier molecular flexibility index (Phi) is 5.86. The molecule has 1 rings (SSSR count). The number of hydrogen-bond acceptors (Lipinski definition) is 4. The molecular weight excluding hydrogens is 256 g/mol. The average Bonchev–Trinajstić information content (AvgIpc) is 2.37. The summed E-state index contributed by atoms with van der Waals surface area (Å²) >= 11 is 0. The van der Waals surface area contributed by atoms with Gasteiger partial charge in [-0.2, -0.15) is 0 Å². The SMILES string of the molecule is COc1ccc(C(C(=O)OC(C)C)C(C)C)cc1OC. The number of methoxy groups -OCH3 is 2. The molecule has 0 aliphatic rings. The van der Waals surface area contributed by atoms with Crippen LogP contribution in [0.1, 0.15) is 39.2 Å². The molecule has 0 saturated carbocycles. The van der Waals surface area contributed by atoms with Gasteiger partial charge in [0.15, 0.2) is 11.5 Å². The molecule has 112 valence electrons. The molecule has 4 nitrogen and oxygen atoms in total. The fraction of sp³-hybridized carbons (Fsp3) is 0.562. The molecule has 0 aliphatic heterocycles. The molecule has 0 saturated heterocycles. The van der Waals surface area contributed by atoms with Gasteiger partial charge in [0, 0.05) is 0 Å². The molecule has 0 spiro atoms.